The fourth-order valence-electron chi connectivity index (χ4n) is 2.82. The van der Waals surface area contributed by atoms with Gasteiger partial charge in [0, 0.05) is 12.7 Å². The number of nitrogens with zero attached hydrogens (tertiary/aromatic N) is 2. The fourth-order valence-corrected chi connectivity index (χ4v) is 2.82. The van der Waals surface area contributed by atoms with Crippen LogP contribution in [0.5, 0.6) is 0 Å². The zero-order valence-corrected chi connectivity index (χ0v) is 12.4. The van der Waals surface area contributed by atoms with Gasteiger partial charge in [0.2, 0.25) is 5.91 Å². The summed E-state index contributed by atoms with van der Waals surface area (Å²) >= 11 is 0. The molecule has 1 aliphatic rings. The van der Waals surface area contributed by atoms with E-state index in [1.54, 1.807) is 0 Å². The average Bonchev–Trinajstić information content (AvgIpc) is 2.90. The SMILES string of the molecule is CCn1cc(NC(=O)[C@H]2CCCC[C@@H]2C(=O)O)c(C(N)=O)n1. The number of carboxylic acid groups (broad SMARTS) is 1. The Balaban J connectivity index is 2.19. The third-order valence-electron chi connectivity index (χ3n) is 4.00. The normalized spacial score (nSPS) is 21.3. The van der Waals surface area contributed by atoms with Gasteiger partial charge in [-0.15, -0.1) is 0 Å². The molecule has 2 atom stereocenters. The van der Waals surface area contributed by atoms with Crippen LogP contribution in [0.4, 0.5) is 5.69 Å². The molecule has 1 aromatic rings. The maximum Gasteiger partial charge on any atom is 0.307 e. The van der Waals surface area contributed by atoms with Gasteiger partial charge in [-0.2, -0.15) is 5.10 Å². The summed E-state index contributed by atoms with van der Waals surface area (Å²) in [5.74, 6) is -3.38. The van der Waals surface area contributed by atoms with Crippen molar-refractivity contribution in [3.8, 4) is 0 Å². The molecule has 0 aliphatic heterocycles. The van der Waals surface area contributed by atoms with Crippen LogP contribution in [0, 0.1) is 11.8 Å². The molecule has 0 aromatic carbocycles. The summed E-state index contributed by atoms with van der Waals surface area (Å²) in [5, 5.41) is 15.8. The first-order valence-corrected chi connectivity index (χ1v) is 7.35. The van der Waals surface area contributed by atoms with Crippen LogP contribution in [0.1, 0.15) is 43.1 Å². The minimum absolute atomic E-state index is 0.0158. The Morgan fingerprint density at radius 2 is 2.00 bits per heavy atom. The number of aryl methyl sites for hydroxylation is 1. The lowest BCUT2D eigenvalue weighted by atomic mass is 9.78. The highest BCUT2D eigenvalue weighted by molar-refractivity contribution is 6.02. The molecule has 0 radical (unpaired) electrons. The van der Waals surface area contributed by atoms with E-state index in [9.17, 15) is 19.5 Å². The van der Waals surface area contributed by atoms with E-state index in [1.807, 2.05) is 6.92 Å². The van der Waals surface area contributed by atoms with Crippen molar-refractivity contribution >= 4 is 23.5 Å². The molecule has 2 rings (SSSR count). The predicted octanol–water partition coefficient (Wildman–Crippen LogP) is 0.831. The van der Waals surface area contributed by atoms with Crippen molar-refractivity contribution in [1.29, 1.82) is 0 Å². The van der Waals surface area contributed by atoms with Crippen LogP contribution in [0.25, 0.3) is 0 Å². The van der Waals surface area contributed by atoms with Crippen molar-refractivity contribution in [3.63, 3.8) is 0 Å². The molecule has 8 nitrogen and oxygen atoms in total. The minimum atomic E-state index is -0.959. The van der Waals surface area contributed by atoms with Crippen LogP contribution in [-0.4, -0.2) is 32.7 Å². The van der Waals surface area contributed by atoms with E-state index in [0.717, 1.165) is 12.8 Å². The minimum Gasteiger partial charge on any atom is -0.481 e. The van der Waals surface area contributed by atoms with Crippen molar-refractivity contribution in [2.24, 2.45) is 17.6 Å². The molecule has 0 spiro atoms. The summed E-state index contributed by atoms with van der Waals surface area (Å²) in [6.07, 6.45) is 4.16. The van der Waals surface area contributed by atoms with Gasteiger partial charge < -0.3 is 16.2 Å². The number of anilines is 1. The highest BCUT2D eigenvalue weighted by Crippen LogP contribution is 2.31. The molecule has 1 aliphatic carbocycles. The van der Waals surface area contributed by atoms with Crippen molar-refractivity contribution < 1.29 is 19.5 Å². The topological polar surface area (TPSA) is 127 Å². The van der Waals surface area contributed by atoms with Crippen molar-refractivity contribution in [2.75, 3.05) is 5.32 Å². The van der Waals surface area contributed by atoms with Crippen LogP contribution >= 0.6 is 0 Å². The predicted molar refractivity (Wildman–Crippen MR) is 78.1 cm³/mol. The van der Waals surface area contributed by atoms with Crippen LogP contribution < -0.4 is 11.1 Å². The first kappa shape index (κ1) is 16.0. The highest BCUT2D eigenvalue weighted by Gasteiger charge is 2.36. The number of carbonyl (C=O) groups excluding carboxylic acids is 2. The first-order chi connectivity index (χ1) is 10.4. The zero-order chi connectivity index (χ0) is 16.3. The Labute approximate surface area is 127 Å². The number of aromatic nitrogens is 2. The van der Waals surface area contributed by atoms with E-state index in [-0.39, 0.29) is 11.4 Å². The molecular formula is C14H20N4O4. The van der Waals surface area contributed by atoms with Gasteiger partial charge in [0.05, 0.1) is 17.5 Å². The second-order valence-electron chi connectivity index (χ2n) is 5.44. The fraction of sp³-hybridized carbons (Fsp3) is 0.571. The van der Waals surface area contributed by atoms with E-state index >= 15 is 0 Å². The molecule has 1 fully saturated rings. The molecule has 4 N–H and O–H groups in total. The largest absolute Gasteiger partial charge is 0.481 e. The number of nitrogens with two attached hydrogens (primary N) is 1. The van der Waals surface area contributed by atoms with Gasteiger partial charge in [-0.1, -0.05) is 12.8 Å². The molecule has 1 heterocycles. The lowest BCUT2D eigenvalue weighted by molar-refractivity contribution is -0.147. The van der Waals surface area contributed by atoms with Crippen LogP contribution in [0.2, 0.25) is 0 Å². The molecule has 0 unspecified atom stereocenters. The van der Waals surface area contributed by atoms with Gasteiger partial charge in [-0.25, -0.2) is 0 Å². The Kier molecular flexibility index (Phi) is 4.79. The molecule has 2 amide bonds. The van der Waals surface area contributed by atoms with Gasteiger partial charge in [0.15, 0.2) is 5.69 Å². The number of rotatable bonds is 5. The summed E-state index contributed by atoms with van der Waals surface area (Å²) in [6.45, 7) is 2.36. The van der Waals surface area contributed by atoms with Gasteiger partial charge in [0.25, 0.3) is 5.91 Å². The molecule has 1 aromatic heterocycles. The summed E-state index contributed by atoms with van der Waals surface area (Å²) in [4.78, 5) is 35.1. The number of aliphatic carboxylic acids is 1. The zero-order valence-electron chi connectivity index (χ0n) is 12.4. The second-order valence-corrected chi connectivity index (χ2v) is 5.44. The Hall–Kier alpha value is -2.38. The van der Waals surface area contributed by atoms with E-state index in [2.05, 4.69) is 10.4 Å². The quantitative estimate of drug-likeness (QED) is 0.742. The number of nitrogens with one attached hydrogen (secondary N) is 1. The smallest absolute Gasteiger partial charge is 0.307 e. The Morgan fingerprint density at radius 3 is 2.55 bits per heavy atom. The summed E-state index contributed by atoms with van der Waals surface area (Å²) in [5.41, 5.74) is 5.47. The number of amides is 2. The van der Waals surface area contributed by atoms with Crippen molar-refractivity contribution in [2.45, 2.75) is 39.2 Å². The van der Waals surface area contributed by atoms with E-state index in [1.165, 1.54) is 10.9 Å². The molecule has 8 heteroatoms. The van der Waals surface area contributed by atoms with E-state index in [0.29, 0.717) is 19.4 Å². The van der Waals surface area contributed by atoms with Crippen molar-refractivity contribution in [3.05, 3.63) is 11.9 Å². The number of primary amides is 1. The molecule has 0 saturated heterocycles. The number of carbonyl (C=O) groups is 3. The average molecular weight is 308 g/mol. The maximum absolute atomic E-state index is 12.4. The number of carboxylic acids is 1. The molecule has 1 saturated carbocycles. The van der Waals surface area contributed by atoms with Gasteiger partial charge in [-0.3, -0.25) is 19.1 Å². The number of hydrogen-bond donors (Lipinski definition) is 3. The molecule has 0 bridgehead atoms. The van der Waals surface area contributed by atoms with E-state index in [4.69, 9.17) is 5.73 Å². The first-order valence-electron chi connectivity index (χ1n) is 7.35. The van der Waals surface area contributed by atoms with Gasteiger partial charge in [0.1, 0.15) is 0 Å². The highest BCUT2D eigenvalue weighted by atomic mass is 16.4. The third kappa shape index (κ3) is 3.26. The molecule has 120 valence electrons. The Morgan fingerprint density at radius 1 is 1.36 bits per heavy atom. The van der Waals surface area contributed by atoms with Gasteiger partial charge >= 0.3 is 5.97 Å². The summed E-state index contributed by atoms with van der Waals surface area (Å²) in [6, 6.07) is 0. The van der Waals surface area contributed by atoms with Crippen LogP contribution in [-0.2, 0) is 16.1 Å². The van der Waals surface area contributed by atoms with Crippen LogP contribution in [0.15, 0.2) is 6.20 Å². The molecule has 22 heavy (non-hydrogen) atoms. The van der Waals surface area contributed by atoms with E-state index < -0.39 is 29.6 Å². The number of hydrogen-bond acceptors (Lipinski definition) is 4. The maximum atomic E-state index is 12.4. The third-order valence-corrected chi connectivity index (χ3v) is 4.00. The summed E-state index contributed by atoms with van der Waals surface area (Å²) < 4.78 is 1.49. The summed E-state index contributed by atoms with van der Waals surface area (Å²) in [7, 11) is 0. The second kappa shape index (κ2) is 6.59. The van der Waals surface area contributed by atoms with Gasteiger partial charge in [-0.05, 0) is 19.8 Å². The van der Waals surface area contributed by atoms with Crippen molar-refractivity contribution in [1.82, 2.24) is 9.78 Å². The lowest BCUT2D eigenvalue weighted by Crippen LogP contribution is -2.36. The molecular weight excluding hydrogens is 288 g/mol. The Bertz CT molecular complexity index is 596. The standard InChI is InChI=1S/C14H20N4O4/c1-2-18-7-10(11(17-18)12(15)19)16-13(20)8-5-3-4-6-9(8)14(21)22/h7-9H,2-6H2,1H3,(H2,15,19)(H,16,20)(H,21,22)/t8-,9-/m0/s1. The monoisotopic (exact) mass is 308 g/mol. The lowest BCUT2D eigenvalue weighted by Gasteiger charge is -2.27. The van der Waals surface area contributed by atoms with Crippen LogP contribution in [0.3, 0.4) is 0 Å².